The molecular formula is C29H34N4O4. The number of aromatic amines is 1. The number of nitrogens with zero attached hydrogens (tertiary/aromatic N) is 3. The molecule has 2 atom stereocenters. The summed E-state index contributed by atoms with van der Waals surface area (Å²) in [5.41, 5.74) is 4.28. The largest absolute Gasteiger partial charge is 0.465 e. The molecule has 0 radical (unpaired) electrons. The summed E-state index contributed by atoms with van der Waals surface area (Å²) in [7, 11) is 1.35. The average Bonchev–Trinajstić information content (AvgIpc) is 3.30. The highest BCUT2D eigenvalue weighted by atomic mass is 16.5. The monoisotopic (exact) mass is 502 g/mol. The maximum Gasteiger partial charge on any atom is 0.337 e. The summed E-state index contributed by atoms with van der Waals surface area (Å²) in [6.07, 6.45) is 1.32. The lowest BCUT2D eigenvalue weighted by Crippen LogP contribution is -2.63. The summed E-state index contributed by atoms with van der Waals surface area (Å²) in [6, 6.07) is 14.2. The van der Waals surface area contributed by atoms with Crippen molar-refractivity contribution in [1.29, 1.82) is 0 Å². The van der Waals surface area contributed by atoms with E-state index in [2.05, 4.69) is 29.8 Å². The highest BCUT2D eigenvalue weighted by Crippen LogP contribution is 2.42. The fourth-order valence-electron chi connectivity index (χ4n) is 5.80. The van der Waals surface area contributed by atoms with Gasteiger partial charge in [-0.3, -0.25) is 9.59 Å². The zero-order chi connectivity index (χ0) is 26.1. The number of fused-ring (bicyclic) bond motifs is 4. The van der Waals surface area contributed by atoms with E-state index >= 15 is 0 Å². The van der Waals surface area contributed by atoms with Crippen molar-refractivity contribution >= 4 is 28.7 Å². The lowest BCUT2D eigenvalue weighted by molar-refractivity contribution is -0.158. The van der Waals surface area contributed by atoms with Gasteiger partial charge in [-0.15, -0.1) is 0 Å². The predicted molar refractivity (Wildman–Crippen MR) is 141 cm³/mol. The van der Waals surface area contributed by atoms with Crippen LogP contribution in [0.25, 0.3) is 10.9 Å². The van der Waals surface area contributed by atoms with Gasteiger partial charge in [0.2, 0.25) is 11.8 Å². The maximum absolute atomic E-state index is 13.8. The Kier molecular flexibility index (Phi) is 7.02. The number of benzene rings is 2. The van der Waals surface area contributed by atoms with Crippen LogP contribution >= 0.6 is 0 Å². The fourth-order valence-corrected chi connectivity index (χ4v) is 5.80. The number of H-pyrrole nitrogens is 1. The molecule has 3 aromatic rings. The molecule has 1 fully saturated rings. The van der Waals surface area contributed by atoms with Crippen LogP contribution in [-0.2, 0) is 20.7 Å². The average molecular weight is 503 g/mol. The number of piperazine rings is 1. The number of esters is 1. The Hall–Kier alpha value is -3.65. The number of nitrogens with one attached hydrogen (secondary N) is 1. The zero-order valence-corrected chi connectivity index (χ0v) is 21.7. The number of hydrogen-bond donors (Lipinski definition) is 1. The van der Waals surface area contributed by atoms with Crippen molar-refractivity contribution in [2.45, 2.75) is 38.8 Å². The van der Waals surface area contributed by atoms with Crippen LogP contribution in [0.5, 0.6) is 0 Å². The molecule has 2 aliphatic heterocycles. The molecule has 2 aliphatic rings. The van der Waals surface area contributed by atoms with Crippen molar-refractivity contribution < 1.29 is 19.1 Å². The Labute approximate surface area is 217 Å². The molecule has 1 unspecified atom stereocenters. The number of para-hydroxylation sites is 1. The van der Waals surface area contributed by atoms with Gasteiger partial charge in [0.25, 0.3) is 0 Å². The van der Waals surface area contributed by atoms with Crippen LogP contribution in [0.15, 0.2) is 48.5 Å². The Morgan fingerprint density at radius 3 is 2.51 bits per heavy atom. The normalized spacial score (nSPS) is 19.4. The highest BCUT2D eigenvalue weighted by Gasteiger charge is 2.48. The summed E-state index contributed by atoms with van der Waals surface area (Å²) in [6.45, 7) is 7.77. The molecule has 37 heavy (non-hydrogen) atoms. The van der Waals surface area contributed by atoms with Gasteiger partial charge in [0, 0.05) is 29.6 Å². The molecule has 1 N–H and O–H groups in total. The minimum absolute atomic E-state index is 0.00580. The lowest BCUT2D eigenvalue weighted by atomic mass is 9.86. The van der Waals surface area contributed by atoms with Crippen molar-refractivity contribution in [3.05, 3.63) is 70.9 Å². The first-order valence-electron chi connectivity index (χ1n) is 13.1. The first kappa shape index (κ1) is 25.0. The van der Waals surface area contributed by atoms with Gasteiger partial charge in [0.05, 0.1) is 25.3 Å². The van der Waals surface area contributed by atoms with E-state index < -0.39 is 18.1 Å². The van der Waals surface area contributed by atoms with E-state index in [9.17, 15) is 14.4 Å². The number of carbonyl (C=O) groups is 3. The molecule has 2 aromatic carbocycles. The standard InChI is InChI=1S/C29H34N4O4/c1-4-31(5-2)15-8-16-32-18-25(34)33-24(28(32)35)17-22-21-9-6-7-10-23(21)30-26(22)27(33)19-11-13-20(14-12-19)29(36)37-3/h6-7,9-14,24,27,30H,4-5,8,15-18H2,1-3H3/t24-,27?/m1/s1. The van der Waals surface area contributed by atoms with E-state index in [4.69, 9.17) is 4.74 Å². The fraction of sp³-hybridized carbons (Fsp3) is 0.414. The zero-order valence-electron chi connectivity index (χ0n) is 21.7. The molecule has 2 amide bonds. The van der Waals surface area contributed by atoms with Gasteiger partial charge in [-0.05, 0) is 55.4 Å². The summed E-state index contributed by atoms with van der Waals surface area (Å²) >= 11 is 0. The van der Waals surface area contributed by atoms with Crippen LogP contribution in [0.4, 0.5) is 0 Å². The Morgan fingerprint density at radius 1 is 1.08 bits per heavy atom. The highest BCUT2D eigenvalue weighted by molar-refractivity contribution is 5.97. The molecular weight excluding hydrogens is 468 g/mol. The minimum Gasteiger partial charge on any atom is -0.465 e. The summed E-state index contributed by atoms with van der Waals surface area (Å²) in [5, 5.41) is 1.08. The second-order valence-electron chi connectivity index (χ2n) is 9.74. The van der Waals surface area contributed by atoms with Crippen LogP contribution < -0.4 is 0 Å². The van der Waals surface area contributed by atoms with Crippen molar-refractivity contribution in [3.63, 3.8) is 0 Å². The SMILES string of the molecule is CCN(CC)CCCN1CC(=O)N2C(c3ccc(C(=O)OC)cc3)c3[nH]c4ccccc4c3C[C@@H]2C1=O. The number of methoxy groups -OCH3 is 1. The number of rotatable bonds is 8. The van der Waals surface area contributed by atoms with E-state index in [1.165, 1.54) is 7.11 Å². The van der Waals surface area contributed by atoms with Gasteiger partial charge in [-0.25, -0.2) is 4.79 Å². The number of carbonyl (C=O) groups excluding carboxylic acids is 3. The van der Waals surface area contributed by atoms with E-state index in [0.717, 1.165) is 53.8 Å². The quantitative estimate of drug-likeness (QED) is 0.478. The number of aromatic nitrogens is 1. The van der Waals surface area contributed by atoms with E-state index in [1.54, 1.807) is 21.9 Å². The molecule has 3 heterocycles. The topological polar surface area (TPSA) is 85.9 Å². The first-order valence-corrected chi connectivity index (χ1v) is 13.1. The molecule has 8 heteroatoms. The Morgan fingerprint density at radius 2 is 1.81 bits per heavy atom. The molecule has 1 aromatic heterocycles. The number of ether oxygens (including phenoxy) is 1. The van der Waals surface area contributed by atoms with Gasteiger partial charge in [-0.1, -0.05) is 44.2 Å². The molecule has 5 rings (SSSR count). The second-order valence-corrected chi connectivity index (χ2v) is 9.74. The van der Waals surface area contributed by atoms with Crippen LogP contribution in [0.3, 0.4) is 0 Å². The molecule has 0 bridgehead atoms. The minimum atomic E-state index is -0.563. The number of amides is 2. The smallest absolute Gasteiger partial charge is 0.337 e. The molecule has 0 saturated carbocycles. The lowest BCUT2D eigenvalue weighted by Gasteiger charge is -2.47. The molecule has 8 nitrogen and oxygen atoms in total. The van der Waals surface area contributed by atoms with Crippen LogP contribution in [0, 0.1) is 0 Å². The van der Waals surface area contributed by atoms with Gasteiger partial charge >= 0.3 is 5.97 Å². The van der Waals surface area contributed by atoms with Crippen molar-refractivity contribution in [3.8, 4) is 0 Å². The molecule has 194 valence electrons. The predicted octanol–water partition coefficient (Wildman–Crippen LogP) is 3.37. The van der Waals surface area contributed by atoms with Gasteiger partial charge < -0.3 is 24.4 Å². The maximum atomic E-state index is 13.8. The van der Waals surface area contributed by atoms with Crippen LogP contribution in [0.2, 0.25) is 0 Å². The van der Waals surface area contributed by atoms with Crippen molar-refractivity contribution in [2.24, 2.45) is 0 Å². The van der Waals surface area contributed by atoms with E-state index in [-0.39, 0.29) is 18.4 Å². The second kappa shape index (κ2) is 10.4. The summed E-state index contributed by atoms with van der Waals surface area (Å²) < 4.78 is 4.84. The summed E-state index contributed by atoms with van der Waals surface area (Å²) in [4.78, 5) is 48.8. The van der Waals surface area contributed by atoms with E-state index in [0.29, 0.717) is 18.5 Å². The number of hydrogen-bond acceptors (Lipinski definition) is 5. The van der Waals surface area contributed by atoms with E-state index in [1.807, 2.05) is 30.3 Å². The Bertz CT molecular complexity index is 1310. The molecule has 1 saturated heterocycles. The molecule has 0 aliphatic carbocycles. The van der Waals surface area contributed by atoms with Gasteiger partial charge in [-0.2, -0.15) is 0 Å². The third-order valence-corrected chi connectivity index (χ3v) is 7.79. The van der Waals surface area contributed by atoms with Crippen LogP contribution in [0.1, 0.15) is 53.5 Å². The third kappa shape index (κ3) is 4.50. The first-order chi connectivity index (χ1) is 18.0. The third-order valence-electron chi connectivity index (χ3n) is 7.79. The van der Waals surface area contributed by atoms with Crippen molar-refractivity contribution in [1.82, 2.24) is 19.7 Å². The molecule has 0 spiro atoms. The van der Waals surface area contributed by atoms with Crippen molar-refractivity contribution in [2.75, 3.05) is 39.8 Å². The summed E-state index contributed by atoms with van der Waals surface area (Å²) in [5.74, 6) is -0.464. The van der Waals surface area contributed by atoms with Crippen LogP contribution in [-0.4, -0.2) is 83.3 Å². The van der Waals surface area contributed by atoms with Gasteiger partial charge in [0.15, 0.2) is 0 Å². The Balaban J connectivity index is 1.51. The van der Waals surface area contributed by atoms with Gasteiger partial charge in [0.1, 0.15) is 6.04 Å².